The second kappa shape index (κ2) is 4.47. The van der Waals surface area contributed by atoms with E-state index in [4.69, 9.17) is 5.26 Å². The van der Waals surface area contributed by atoms with Crippen molar-refractivity contribution in [3.63, 3.8) is 0 Å². The maximum absolute atomic E-state index is 11.9. The van der Waals surface area contributed by atoms with Crippen molar-refractivity contribution in [2.45, 2.75) is 0 Å². The van der Waals surface area contributed by atoms with E-state index in [1.807, 2.05) is 6.07 Å². The van der Waals surface area contributed by atoms with E-state index in [9.17, 15) is 4.79 Å². The first-order chi connectivity index (χ1) is 9.26. The SMILES string of the molecule is N#Cc1ccc(NC(=O)c2nn3cnnc3s2)cc1. The zero-order valence-corrected chi connectivity index (χ0v) is 10.3. The Kier molecular flexibility index (Phi) is 2.66. The van der Waals surface area contributed by atoms with Gasteiger partial charge in [-0.25, -0.2) is 0 Å². The lowest BCUT2D eigenvalue weighted by Crippen LogP contribution is -2.11. The molecule has 0 bridgehead atoms. The maximum Gasteiger partial charge on any atom is 0.286 e. The van der Waals surface area contributed by atoms with E-state index in [1.54, 1.807) is 24.3 Å². The van der Waals surface area contributed by atoms with Crippen LogP contribution in [0.2, 0.25) is 0 Å². The van der Waals surface area contributed by atoms with Crippen LogP contribution >= 0.6 is 11.3 Å². The Morgan fingerprint density at radius 2 is 2.16 bits per heavy atom. The average Bonchev–Trinajstić information content (AvgIpc) is 3.00. The highest BCUT2D eigenvalue weighted by Gasteiger charge is 2.13. The molecule has 92 valence electrons. The molecule has 2 heterocycles. The van der Waals surface area contributed by atoms with Crippen LogP contribution in [0.3, 0.4) is 0 Å². The fourth-order valence-electron chi connectivity index (χ4n) is 1.46. The van der Waals surface area contributed by atoms with Crippen molar-refractivity contribution in [1.82, 2.24) is 19.8 Å². The quantitative estimate of drug-likeness (QED) is 0.757. The van der Waals surface area contributed by atoms with E-state index in [0.717, 1.165) is 11.3 Å². The molecule has 0 spiro atoms. The molecule has 19 heavy (non-hydrogen) atoms. The maximum atomic E-state index is 11.9. The second-order valence-corrected chi connectivity index (χ2v) is 4.56. The third kappa shape index (κ3) is 2.14. The molecular formula is C11H6N6OS. The number of nitrogens with zero attached hydrogens (tertiary/aromatic N) is 5. The molecule has 0 aliphatic heterocycles. The van der Waals surface area contributed by atoms with Crippen LogP contribution in [0, 0.1) is 11.3 Å². The zero-order chi connectivity index (χ0) is 13.2. The number of nitrogens with one attached hydrogen (secondary N) is 1. The van der Waals surface area contributed by atoms with Crippen molar-refractivity contribution in [1.29, 1.82) is 5.26 Å². The number of carbonyl (C=O) groups excluding carboxylic acids is 1. The molecule has 1 aromatic carbocycles. The number of hydrogen-bond acceptors (Lipinski definition) is 6. The number of aromatic nitrogens is 4. The van der Waals surface area contributed by atoms with Gasteiger partial charge in [-0.1, -0.05) is 11.3 Å². The highest BCUT2D eigenvalue weighted by molar-refractivity contribution is 7.18. The molecule has 7 nitrogen and oxygen atoms in total. The monoisotopic (exact) mass is 270 g/mol. The van der Waals surface area contributed by atoms with Gasteiger partial charge < -0.3 is 5.32 Å². The van der Waals surface area contributed by atoms with E-state index in [2.05, 4.69) is 20.6 Å². The molecule has 1 amide bonds. The van der Waals surface area contributed by atoms with Crippen molar-refractivity contribution in [2.75, 3.05) is 5.32 Å². The van der Waals surface area contributed by atoms with Crippen molar-refractivity contribution in [2.24, 2.45) is 0 Å². The number of amides is 1. The summed E-state index contributed by atoms with van der Waals surface area (Å²) < 4.78 is 1.44. The van der Waals surface area contributed by atoms with Crippen LogP contribution < -0.4 is 5.32 Å². The van der Waals surface area contributed by atoms with E-state index in [1.165, 1.54) is 10.8 Å². The van der Waals surface area contributed by atoms with Crippen molar-refractivity contribution >= 4 is 27.9 Å². The van der Waals surface area contributed by atoms with Gasteiger partial charge in [-0.15, -0.1) is 15.3 Å². The van der Waals surface area contributed by atoms with Gasteiger partial charge in [0.1, 0.15) is 6.33 Å². The Morgan fingerprint density at radius 3 is 2.84 bits per heavy atom. The molecule has 3 rings (SSSR count). The molecule has 0 saturated heterocycles. The van der Waals surface area contributed by atoms with E-state index < -0.39 is 0 Å². The number of nitriles is 1. The van der Waals surface area contributed by atoms with Crippen LogP contribution in [0.25, 0.3) is 4.96 Å². The second-order valence-electron chi connectivity index (χ2n) is 3.61. The molecule has 1 N–H and O–H groups in total. The third-order valence-corrected chi connectivity index (χ3v) is 3.26. The molecule has 0 aliphatic rings. The Balaban J connectivity index is 1.80. The molecule has 0 unspecified atom stereocenters. The Bertz CT molecular complexity index is 753. The molecular weight excluding hydrogens is 264 g/mol. The van der Waals surface area contributed by atoms with Crippen LogP contribution in [-0.2, 0) is 0 Å². The van der Waals surface area contributed by atoms with Crippen molar-refractivity contribution in [3.8, 4) is 6.07 Å². The highest BCUT2D eigenvalue weighted by atomic mass is 32.1. The number of anilines is 1. The lowest BCUT2D eigenvalue weighted by Gasteiger charge is -2.01. The van der Waals surface area contributed by atoms with Gasteiger partial charge >= 0.3 is 0 Å². The largest absolute Gasteiger partial charge is 0.320 e. The third-order valence-electron chi connectivity index (χ3n) is 2.35. The number of fused-ring (bicyclic) bond motifs is 1. The summed E-state index contributed by atoms with van der Waals surface area (Å²) in [5, 5.41) is 23.2. The van der Waals surface area contributed by atoms with Gasteiger partial charge in [0.2, 0.25) is 9.97 Å². The van der Waals surface area contributed by atoms with Crippen molar-refractivity contribution in [3.05, 3.63) is 41.2 Å². The molecule has 8 heteroatoms. The topological polar surface area (TPSA) is 96.0 Å². The van der Waals surface area contributed by atoms with Gasteiger partial charge in [0, 0.05) is 5.69 Å². The molecule has 0 fully saturated rings. The first-order valence-corrected chi connectivity index (χ1v) is 6.06. The summed E-state index contributed by atoms with van der Waals surface area (Å²) in [5.41, 5.74) is 1.15. The lowest BCUT2D eigenvalue weighted by molar-refractivity contribution is 0.102. The zero-order valence-electron chi connectivity index (χ0n) is 9.44. The smallest absolute Gasteiger partial charge is 0.286 e. The summed E-state index contributed by atoms with van der Waals surface area (Å²) in [5.74, 6) is -0.319. The average molecular weight is 270 g/mol. The van der Waals surface area contributed by atoms with E-state index >= 15 is 0 Å². The van der Waals surface area contributed by atoms with Crippen LogP contribution in [0.4, 0.5) is 5.69 Å². The molecule has 0 atom stereocenters. The minimum Gasteiger partial charge on any atom is -0.320 e. The normalized spacial score (nSPS) is 10.3. The van der Waals surface area contributed by atoms with E-state index in [-0.39, 0.29) is 5.91 Å². The van der Waals surface area contributed by atoms with Gasteiger partial charge in [-0.2, -0.15) is 9.78 Å². The number of benzene rings is 1. The van der Waals surface area contributed by atoms with Gasteiger partial charge in [0.05, 0.1) is 11.6 Å². The number of carbonyl (C=O) groups is 1. The molecule has 2 aromatic heterocycles. The minimum absolute atomic E-state index is 0.300. The lowest BCUT2D eigenvalue weighted by atomic mass is 10.2. The minimum atomic E-state index is -0.319. The summed E-state index contributed by atoms with van der Waals surface area (Å²) >= 11 is 1.15. The summed E-state index contributed by atoms with van der Waals surface area (Å²) in [6.07, 6.45) is 1.43. The molecule has 0 aliphatic carbocycles. The number of rotatable bonds is 2. The molecule has 3 aromatic rings. The van der Waals surface area contributed by atoms with Gasteiger partial charge in [0.15, 0.2) is 0 Å². The summed E-state index contributed by atoms with van der Waals surface area (Å²) in [6, 6.07) is 8.60. The first kappa shape index (κ1) is 11.3. The summed E-state index contributed by atoms with van der Waals surface area (Å²) in [6.45, 7) is 0. The fraction of sp³-hybridized carbons (Fsp3) is 0. The summed E-state index contributed by atoms with van der Waals surface area (Å²) in [4.78, 5) is 12.5. The van der Waals surface area contributed by atoms with Crippen molar-refractivity contribution < 1.29 is 4.79 Å². The van der Waals surface area contributed by atoms with Crippen LogP contribution in [0.15, 0.2) is 30.6 Å². The number of hydrogen-bond donors (Lipinski definition) is 1. The van der Waals surface area contributed by atoms with Gasteiger partial charge in [-0.3, -0.25) is 4.79 Å². The Labute approximate surface area is 111 Å². The Morgan fingerprint density at radius 1 is 1.37 bits per heavy atom. The Hall–Kier alpha value is -2.79. The fourth-order valence-corrected chi connectivity index (χ4v) is 2.18. The van der Waals surface area contributed by atoms with Gasteiger partial charge in [-0.05, 0) is 24.3 Å². The predicted molar refractivity (Wildman–Crippen MR) is 67.8 cm³/mol. The highest BCUT2D eigenvalue weighted by Crippen LogP contribution is 2.15. The molecule has 0 saturated carbocycles. The molecule has 0 radical (unpaired) electrons. The van der Waals surface area contributed by atoms with Gasteiger partial charge in [0.25, 0.3) is 5.91 Å². The summed E-state index contributed by atoms with van der Waals surface area (Å²) in [7, 11) is 0. The first-order valence-electron chi connectivity index (χ1n) is 5.24. The predicted octanol–water partition coefficient (Wildman–Crippen LogP) is 1.31. The van der Waals surface area contributed by atoms with Crippen LogP contribution in [0.1, 0.15) is 15.4 Å². The standard InChI is InChI=1S/C11H6N6OS/c12-5-7-1-3-8(4-2-7)14-9(18)10-16-17-6-13-15-11(17)19-10/h1-4,6H,(H,14,18). The van der Waals surface area contributed by atoms with Crippen LogP contribution in [0.5, 0.6) is 0 Å². The van der Waals surface area contributed by atoms with E-state index in [0.29, 0.717) is 21.2 Å². The van der Waals surface area contributed by atoms with Crippen LogP contribution in [-0.4, -0.2) is 25.7 Å².